The van der Waals surface area contributed by atoms with Crippen LogP contribution >= 0.6 is 15.9 Å². The molecular weight excluding hydrogens is 396 g/mol. The van der Waals surface area contributed by atoms with Crippen molar-refractivity contribution in [3.05, 3.63) is 70.4 Å². The minimum atomic E-state index is -0.367. The van der Waals surface area contributed by atoms with Gasteiger partial charge in [0.1, 0.15) is 11.3 Å². The molecule has 0 radical (unpaired) electrons. The second-order valence-corrected chi connectivity index (χ2v) is 6.66. The highest BCUT2D eigenvalue weighted by atomic mass is 79.9. The summed E-state index contributed by atoms with van der Waals surface area (Å²) in [4.78, 5) is 23.8. The van der Waals surface area contributed by atoms with E-state index in [2.05, 4.69) is 26.6 Å². The van der Waals surface area contributed by atoms with Gasteiger partial charge in [-0.1, -0.05) is 34.1 Å². The molecule has 2 aromatic carbocycles. The van der Waals surface area contributed by atoms with E-state index in [1.807, 2.05) is 49.4 Å². The Kier molecular flexibility index (Phi) is 5.53. The molecule has 0 aliphatic heterocycles. The summed E-state index contributed by atoms with van der Waals surface area (Å²) in [6, 6.07) is 15.0. The van der Waals surface area contributed by atoms with Crippen LogP contribution in [0.3, 0.4) is 0 Å². The molecule has 5 nitrogen and oxygen atoms in total. The number of benzene rings is 2. The van der Waals surface area contributed by atoms with Crippen molar-refractivity contribution in [3.8, 4) is 0 Å². The predicted octanol–water partition coefficient (Wildman–Crippen LogP) is 4.27. The number of carbonyl (C=O) groups is 2. The van der Waals surface area contributed by atoms with E-state index in [1.165, 1.54) is 6.08 Å². The fourth-order valence-electron chi connectivity index (χ4n) is 2.43. The van der Waals surface area contributed by atoms with Crippen LogP contribution in [-0.2, 0) is 9.59 Å². The van der Waals surface area contributed by atoms with Crippen molar-refractivity contribution in [1.29, 1.82) is 0 Å². The number of furan rings is 1. The van der Waals surface area contributed by atoms with Crippen molar-refractivity contribution in [2.45, 2.75) is 6.92 Å². The van der Waals surface area contributed by atoms with Crippen LogP contribution in [0.1, 0.15) is 11.3 Å². The Morgan fingerprint density at radius 3 is 2.73 bits per heavy atom. The minimum absolute atomic E-state index is 0.112. The third-order valence-electron chi connectivity index (χ3n) is 3.73. The largest absolute Gasteiger partial charge is 0.457 e. The predicted molar refractivity (Wildman–Crippen MR) is 106 cm³/mol. The standard InChI is InChI=1S/C20H17BrN2O3/c1-13-10-15(21)6-8-17(13)23-20(25)12-22-19(24)9-7-16-11-14-4-2-3-5-18(14)26-16/h2-11H,12H2,1H3,(H,22,24)(H,23,25)/b9-7+. The molecule has 2 N–H and O–H groups in total. The maximum absolute atomic E-state index is 12.0. The highest BCUT2D eigenvalue weighted by molar-refractivity contribution is 9.10. The van der Waals surface area contributed by atoms with Gasteiger partial charge in [0.2, 0.25) is 11.8 Å². The molecule has 0 bridgehead atoms. The summed E-state index contributed by atoms with van der Waals surface area (Å²) in [6.07, 6.45) is 2.92. The van der Waals surface area contributed by atoms with Crippen LogP contribution in [0.2, 0.25) is 0 Å². The van der Waals surface area contributed by atoms with Crippen molar-refractivity contribution in [3.63, 3.8) is 0 Å². The summed E-state index contributed by atoms with van der Waals surface area (Å²) in [7, 11) is 0. The molecule has 1 aromatic heterocycles. The number of hydrogen-bond acceptors (Lipinski definition) is 3. The zero-order valence-electron chi connectivity index (χ0n) is 14.1. The van der Waals surface area contributed by atoms with E-state index in [4.69, 9.17) is 4.42 Å². The van der Waals surface area contributed by atoms with E-state index >= 15 is 0 Å². The van der Waals surface area contributed by atoms with Gasteiger partial charge < -0.3 is 15.1 Å². The summed E-state index contributed by atoms with van der Waals surface area (Å²) < 4.78 is 6.54. The summed E-state index contributed by atoms with van der Waals surface area (Å²) in [5.41, 5.74) is 2.41. The Balaban J connectivity index is 1.52. The number of aryl methyl sites for hydroxylation is 1. The number of nitrogens with one attached hydrogen (secondary N) is 2. The summed E-state index contributed by atoms with van der Waals surface area (Å²) in [5.74, 6) is -0.0784. The van der Waals surface area contributed by atoms with Crippen LogP contribution in [-0.4, -0.2) is 18.4 Å². The number of amides is 2. The first-order chi connectivity index (χ1) is 12.5. The van der Waals surface area contributed by atoms with Gasteiger partial charge in [0.25, 0.3) is 0 Å². The molecule has 0 saturated carbocycles. The average molecular weight is 413 g/mol. The lowest BCUT2D eigenvalue weighted by atomic mass is 10.2. The fourth-order valence-corrected chi connectivity index (χ4v) is 2.91. The zero-order valence-corrected chi connectivity index (χ0v) is 15.7. The molecule has 3 aromatic rings. The number of para-hydroxylation sites is 1. The average Bonchev–Trinajstić information content (AvgIpc) is 3.03. The lowest BCUT2D eigenvalue weighted by Crippen LogP contribution is -2.31. The lowest BCUT2D eigenvalue weighted by Gasteiger charge is -2.08. The molecule has 2 amide bonds. The third-order valence-corrected chi connectivity index (χ3v) is 4.22. The van der Waals surface area contributed by atoms with Crippen LogP contribution in [0.5, 0.6) is 0 Å². The molecule has 0 saturated heterocycles. The minimum Gasteiger partial charge on any atom is -0.457 e. The van der Waals surface area contributed by atoms with Crippen LogP contribution in [0.25, 0.3) is 17.0 Å². The lowest BCUT2D eigenvalue weighted by molar-refractivity contribution is -0.121. The first kappa shape index (κ1) is 17.9. The van der Waals surface area contributed by atoms with Crippen molar-refractivity contribution >= 4 is 50.5 Å². The van der Waals surface area contributed by atoms with Gasteiger partial charge in [-0.3, -0.25) is 9.59 Å². The highest BCUT2D eigenvalue weighted by Gasteiger charge is 2.07. The molecule has 0 spiro atoms. The number of rotatable bonds is 5. The number of hydrogen-bond donors (Lipinski definition) is 2. The zero-order chi connectivity index (χ0) is 18.5. The van der Waals surface area contributed by atoms with Crippen molar-refractivity contribution in [2.24, 2.45) is 0 Å². The third kappa shape index (κ3) is 4.61. The van der Waals surface area contributed by atoms with Crippen LogP contribution in [0, 0.1) is 6.92 Å². The van der Waals surface area contributed by atoms with Gasteiger partial charge in [0, 0.05) is 21.6 Å². The monoisotopic (exact) mass is 412 g/mol. The molecule has 3 rings (SSSR count). The molecule has 6 heteroatoms. The Morgan fingerprint density at radius 2 is 1.96 bits per heavy atom. The molecule has 0 aliphatic rings. The second kappa shape index (κ2) is 8.01. The first-order valence-corrected chi connectivity index (χ1v) is 8.81. The van der Waals surface area contributed by atoms with Gasteiger partial charge >= 0.3 is 0 Å². The van der Waals surface area contributed by atoms with Crippen molar-refractivity contribution < 1.29 is 14.0 Å². The van der Waals surface area contributed by atoms with Gasteiger partial charge in [0.05, 0.1) is 6.54 Å². The molecule has 1 heterocycles. The first-order valence-electron chi connectivity index (χ1n) is 8.02. The topological polar surface area (TPSA) is 71.3 Å². The van der Waals surface area contributed by atoms with Gasteiger partial charge in [-0.25, -0.2) is 0 Å². The molecule has 132 valence electrons. The number of carbonyl (C=O) groups excluding carboxylic acids is 2. The van der Waals surface area contributed by atoms with E-state index in [9.17, 15) is 9.59 Å². The van der Waals surface area contributed by atoms with Gasteiger partial charge in [-0.15, -0.1) is 0 Å². The van der Waals surface area contributed by atoms with Gasteiger partial charge in [-0.2, -0.15) is 0 Å². The van der Waals surface area contributed by atoms with E-state index in [0.29, 0.717) is 11.4 Å². The second-order valence-electron chi connectivity index (χ2n) is 5.75. The SMILES string of the molecule is Cc1cc(Br)ccc1NC(=O)CNC(=O)/C=C/c1cc2ccccc2o1. The molecule has 0 aliphatic carbocycles. The molecule has 0 atom stereocenters. The Bertz CT molecular complexity index is 959. The summed E-state index contributed by atoms with van der Waals surface area (Å²) in [6.45, 7) is 1.79. The molecule has 0 fully saturated rings. The summed E-state index contributed by atoms with van der Waals surface area (Å²) >= 11 is 3.37. The number of fused-ring (bicyclic) bond motifs is 1. The van der Waals surface area contributed by atoms with Crippen LogP contribution in [0.15, 0.2) is 63.5 Å². The maximum atomic E-state index is 12.0. The fraction of sp³-hybridized carbons (Fsp3) is 0.100. The van der Waals surface area contributed by atoms with Gasteiger partial charge in [-0.05, 0) is 48.9 Å². The van der Waals surface area contributed by atoms with Crippen molar-refractivity contribution in [2.75, 3.05) is 11.9 Å². The summed E-state index contributed by atoms with van der Waals surface area (Å²) in [5, 5.41) is 6.29. The molecule has 0 unspecified atom stereocenters. The van der Waals surface area contributed by atoms with Crippen LogP contribution in [0.4, 0.5) is 5.69 Å². The van der Waals surface area contributed by atoms with E-state index in [1.54, 1.807) is 12.1 Å². The normalized spacial score (nSPS) is 11.0. The molecular formula is C20H17BrN2O3. The number of halogens is 1. The van der Waals surface area contributed by atoms with Crippen molar-refractivity contribution in [1.82, 2.24) is 5.32 Å². The Hall–Kier alpha value is -2.86. The smallest absolute Gasteiger partial charge is 0.244 e. The van der Waals surface area contributed by atoms with E-state index in [-0.39, 0.29) is 18.4 Å². The van der Waals surface area contributed by atoms with Crippen LogP contribution < -0.4 is 10.6 Å². The Labute approximate surface area is 159 Å². The van der Waals surface area contributed by atoms with Gasteiger partial charge in [0.15, 0.2) is 0 Å². The maximum Gasteiger partial charge on any atom is 0.244 e. The van der Waals surface area contributed by atoms with E-state index in [0.717, 1.165) is 21.0 Å². The quantitative estimate of drug-likeness (QED) is 0.614. The highest BCUT2D eigenvalue weighted by Crippen LogP contribution is 2.20. The van der Waals surface area contributed by atoms with E-state index < -0.39 is 0 Å². The molecule has 26 heavy (non-hydrogen) atoms. The Morgan fingerprint density at radius 1 is 1.15 bits per heavy atom. The number of anilines is 1.